The molecule has 0 saturated heterocycles. The number of rotatable bonds is 8. The average Bonchev–Trinajstić information content (AvgIpc) is 2.75. The average molecular weight is 452 g/mol. The standard InChI is InChI=1S/C22H20N4O7/c1-13-4-3-5-15(10-13)23-19(27)12-33-17-9-7-14(11-18(17)32-2)6-8-16-20(26(30)31)21(28)25-22(29)24-16/h3-11H,12H2,1-2H3,(H,23,27)(H2,24,25,28,29)/b8-6-. The second-order valence-corrected chi connectivity index (χ2v) is 6.88. The van der Waals surface area contributed by atoms with Gasteiger partial charge in [0, 0.05) is 5.69 Å². The number of hydrogen-bond acceptors (Lipinski definition) is 7. The summed E-state index contributed by atoms with van der Waals surface area (Å²) in [4.78, 5) is 49.6. The van der Waals surface area contributed by atoms with Crippen molar-refractivity contribution < 1.29 is 19.2 Å². The molecular formula is C22H20N4O7. The molecule has 0 bridgehead atoms. The van der Waals surface area contributed by atoms with E-state index in [1.165, 1.54) is 19.3 Å². The lowest BCUT2D eigenvalue weighted by Gasteiger charge is -2.12. The zero-order valence-electron chi connectivity index (χ0n) is 17.7. The third-order valence-corrected chi connectivity index (χ3v) is 4.42. The summed E-state index contributed by atoms with van der Waals surface area (Å²) in [6.45, 7) is 1.67. The van der Waals surface area contributed by atoms with Crippen LogP contribution in [0.5, 0.6) is 11.5 Å². The molecule has 3 aromatic rings. The molecular weight excluding hydrogens is 432 g/mol. The van der Waals surface area contributed by atoms with Gasteiger partial charge in [-0.1, -0.05) is 24.3 Å². The summed E-state index contributed by atoms with van der Waals surface area (Å²) in [5.74, 6) is 0.274. The Morgan fingerprint density at radius 2 is 1.91 bits per heavy atom. The van der Waals surface area contributed by atoms with Crippen molar-refractivity contribution in [3.8, 4) is 11.5 Å². The maximum atomic E-state index is 12.2. The molecule has 3 N–H and O–H groups in total. The van der Waals surface area contributed by atoms with Crippen LogP contribution in [0.3, 0.4) is 0 Å². The van der Waals surface area contributed by atoms with Gasteiger partial charge in [-0.3, -0.25) is 24.7 Å². The van der Waals surface area contributed by atoms with E-state index in [1.807, 2.05) is 30.1 Å². The highest BCUT2D eigenvalue weighted by atomic mass is 16.6. The van der Waals surface area contributed by atoms with Crippen LogP contribution in [0.15, 0.2) is 52.1 Å². The van der Waals surface area contributed by atoms with E-state index in [4.69, 9.17) is 9.47 Å². The Hall–Kier alpha value is -4.67. The minimum absolute atomic E-state index is 0.249. The molecule has 11 heteroatoms. The van der Waals surface area contributed by atoms with Crippen LogP contribution in [0.25, 0.3) is 12.2 Å². The second-order valence-electron chi connectivity index (χ2n) is 6.88. The van der Waals surface area contributed by atoms with E-state index >= 15 is 0 Å². The summed E-state index contributed by atoms with van der Waals surface area (Å²) in [7, 11) is 1.42. The van der Waals surface area contributed by atoms with Gasteiger partial charge in [-0.2, -0.15) is 0 Å². The number of carbonyl (C=O) groups excluding carboxylic acids is 1. The lowest BCUT2D eigenvalue weighted by molar-refractivity contribution is -0.386. The number of carbonyl (C=O) groups is 1. The number of hydrogen-bond donors (Lipinski definition) is 3. The number of amides is 1. The normalized spacial score (nSPS) is 10.7. The first-order valence-corrected chi connectivity index (χ1v) is 9.63. The Balaban J connectivity index is 1.74. The molecule has 1 heterocycles. The third kappa shape index (κ3) is 5.94. The quantitative estimate of drug-likeness (QED) is 0.350. The molecule has 0 saturated carbocycles. The summed E-state index contributed by atoms with van der Waals surface area (Å²) >= 11 is 0. The van der Waals surface area contributed by atoms with Gasteiger partial charge in [-0.05, 0) is 48.4 Å². The van der Waals surface area contributed by atoms with Crippen molar-refractivity contribution in [3.05, 3.63) is 90.2 Å². The van der Waals surface area contributed by atoms with Gasteiger partial charge in [0.15, 0.2) is 18.1 Å². The van der Waals surface area contributed by atoms with E-state index in [2.05, 4.69) is 10.3 Å². The molecule has 0 aliphatic heterocycles. The molecule has 11 nitrogen and oxygen atoms in total. The minimum Gasteiger partial charge on any atom is -0.493 e. The molecule has 0 aliphatic carbocycles. The number of H-pyrrole nitrogens is 2. The van der Waals surface area contributed by atoms with Crippen LogP contribution in [0.2, 0.25) is 0 Å². The van der Waals surface area contributed by atoms with Crippen molar-refractivity contribution in [2.24, 2.45) is 0 Å². The lowest BCUT2D eigenvalue weighted by atomic mass is 10.1. The van der Waals surface area contributed by atoms with Crippen LogP contribution in [0.4, 0.5) is 11.4 Å². The van der Waals surface area contributed by atoms with E-state index in [0.29, 0.717) is 22.7 Å². The number of benzene rings is 2. The van der Waals surface area contributed by atoms with Crippen LogP contribution < -0.4 is 26.0 Å². The van der Waals surface area contributed by atoms with Crippen molar-refractivity contribution in [1.82, 2.24) is 9.97 Å². The lowest BCUT2D eigenvalue weighted by Crippen LogP contribution is -2.25. The van der Waals surface area contributed by atoms with Gasteiger partial charge >= 0.3 is 16.9 Å². The van der Waals surface area contributed by atoms with Crippen molar-refractivity contribution in [2.75, 3.05) is 19.0 Å². The van der Waals surface area contributed by atoms with Gasteiger partial charge in [0.05, 0.1) is 12.0 Å². The number of aryl methyl sites for hydroxylation is 1. The van der Waals surface area contributed by atoms with Gasteiger partial charge in [0.1, 0.15) is 5.69 Å². The fourth-order valence-electron chi connectivity index (χ4n) is 2.95. The molecule has 0 fully saturated rings. The molecule has 33 heavy (non-hydrogen) atoms. The Bertz CT molecular complexity index is 1340. The summed E-state index contributed by atoms with van der Waals surface area (Å²) in [5.41, 5.74) is -0.794. The first-order chi connectivity index (χ1) is 15.8. The van der Waals surface area contributed by atoms with E-state index in [9.17, 15) is 24.5 Å². The molecule has 1 aromatic heterocycles. The maximum absolute atomic E-state index is 12.2. The largest absolute Gasteiger partial charge is 0.493 e. The highest BCUT2D eigenvalue weighted by Crippen LogP contribution is 2.29. The number of nitrogens with one attached hydrogen (secondary N) is 3. The molecule has 170 valence electrons. The monoisotopic (exact) mass is 452 g/mol. The van der Waals surface area contributed by atoms with Crippen LogP contribution in [-0.2, 0) is 4.79 Å². The predicted molar refractivity (Wildman–Crippen MR) is 122 cm³/mol. The first kappa shape index (κ1) is 23.0. The van der Waals surface area contributed by atoms with E-state index in [0.717, 1.165) is 5.56 Å². The molecule has 3 rings (SSSR count). The topological polar surface area (TPSA) is 156 Å². The Morgan fingerprint density at radius 3 is 2.61 bits per heavy atom. The van der Waals surface area contributed by atoms with Crippen molar-refractivity contribution >= 4 is 29.4 Å². The third-order valence-electron chi connectivity index (χ3n) is 4.42. The van der Waals surface area contributed by atoms with Gasteiger partial charge in [-0.15, -0.1) is 0 Å². The predicted octanol–water partition coefficient (Wildman–Crippen LogP) is 2.48. The highest BCUT2D eigenvalue weighted by Gasteiger charge is 2.18. The highest BCUT2D eigenvalue weighted by molar-refractivity contribution is 5.92. The number of ether oxygens (including phenoxy) is 2. The van der Waals surface area contributed by atoms with Crippen LogP contribution in [-0.4, -0.2) is 34.5 Å². The summed E-state index contributed by atoms with van der Waals surface area (Å²) in [6, 6.07) is 12.1. The summed E-state index contributed by atoms with van der Waals surface area (Å²) in [5, 5.41) is 13.9. The maximum Gasteiger partial charge on any atom is 0.357 e. The van der Waals surface area contributed by atoms with E-state index in [-0.39, 0.29) is 18.2 Å². The Morgan fingerprint density at radius 1 is 1.12 bits per heavy atom. The van der Waals surface area contributed by atoms with Crippen LogP contribution in [0.1, 0.15) is 16.8 Å². The summed E-state index contributed by atoms with van der Waals surface area (Å²) in [6.07, 6.45) is 2.69. The van der Waals surface area contributed by atoms with Crippen LogP contribution in [0, 0.1) is 17.0 Å². The molecule has 0 radical (unpaired) electrons. The van der Waals surface area contributed by atoms with Gasteiger partial charge in [0.25, 0.3) is 5.91 Å². The number of nitro groups is 1. The SMILES string of the molecule is COc1cc(/C=C\c2[nH]c(=O)[nH]c(=O)c2[N+](=O)[O-])ccc1OCC(=O)Nc1cccc(C)c1. The molecule has 2 aromatic carbocycles. The van der Waals surface area contributed by atoms with Crippen molar-refractivity contribution in [2.45, 2.75) is 6.92 Å². The van der Waals surface area contributed by atoms with E-state index < -0.39 is 21.9 Å². The fourth-order valence-corrected chi connectivity index (χ4v) is 2.95. The molecule has 0 aliphatic rings. The van der Waals surface area contributed by atoms with Gasteiger partial charge in [-0.25, -0.2) is 4.79 Å². The molecule has 1 amide bonds. The number of methoxy groups -OCH3 is 1. The molecule has 0 unspecified atom stereocenters. The number of anilines is 1. The second kappa shape index (κ2) is 10.1. The summed E-state index contributed by atoms with van der Waals surface area (Å²) < 4.78 is 10.8. The van der Waals surface area contributed by atoms with E-state index in [1.54, 1.807) is 24.3 Å². The zero-order chi connectivity index (χ0) is 24.0. The number of aromatic nitrogens is 2. The van der Waals surface area contributed by atoms with Gasteiger partial charge in [0.2, 0.25) is 0 Å². The number of aromatic amines is 2. The Kier molecular flexibility index (Phi) is 7.03. The van der Waals surface area contributed by atoms with Crippen LogP contribution >= 0.6 is 0 Å². The molecule has 0 spiro atoms. The fraction of sp³-hybridized carbons (Fsp3) is 0.136. The van der Waals surface area contributed by atoms with Crippen molar-refractivity contribution in [1.29, 1.82) is 0 Å². The van der Waals surface area contributed by atoms with Crippen molar-refractivity contribution in [3.63, 3.8) is 0 Å². The smallest absolute Gasteiger partial charge is 0.357 e. The first-order valence-electron chi connectivity index (χ1n) is 9.63. The zero-order valence-corrected chi connectivity index (χ0v) is 17.7. The molecule has 0 atom stereocenters. The minimum atomic E-state index is -1.10. The van der Waals surface area contributed by atoms with Gasteiger partial charge < -0.3 is 19.8 Å². The number of nitrogens with zero attached hydrogens (tertiary/aromatic N) is 1. The Labute approximate surface area is 186 Å².